The highest BCUT2D eigenvalue weighted by Crippen LogP contribution is 2.21. The SMILES string of the molecule is CNC(=O)C(Cc1ccccc1)NC(=O)C1CCCN1C(=O)C(CC(C)C)NC(C)=O. The molecule has 0 radical (unpaired) electrons. The summed E-state index contributed by atoms with van der Waals surface area (Å²) >= 11 is 0. The maximum Gasteiger partial charge on any atom is 0.245 e. The molecule has 31 heavy (non-hydrogen) atoms. The summed E-state index contributed by atoms with van der Waals surface area (Å²) in [5, 5.41) is 8.15. The molecule has 0 bridgehead atoms. The Balaban J connectivity index is 2.12. The van der Waals surface area contributed by atoms with Gasteiger partial charge in [-0.2, -0.15) is 0 Å². The van der Waals surface area contributed by atoms with Crippen molar-refractivity contribution in [2.45, 2.75) is 64.6 Å². The van der Waals surface area contributed by atoms with E-state index in [9.17, 15) is 19.2 Å². The molecule has 3 atom stereocenters. The molecule has 8 heteroatoms. The summed E-state index contributed by atoms with van der Waals surface area (Å²) in [6, 6.07) is 7.40. The van der Waals surface area contributed by atoms with Gasteiger partial charge < -0.3 is 20.9 Å². The smallest absolute Gasteiger partial charge is 0.245 e. The Morgan fingerprint density at radius 3 is 2.32 bits per heavy atom. The van der Waals surface area contributed by atoms with Crippen LogP contribution in [0.25, 0.3) is 0 Å². The molecule has 3 N–H and O–H groups in total. The van der Waals surface area contributed by atoms with E-state index in [1.54, 1.807) is 4.90 Å². The van der Waals surface area contributed by atoms with Crippen LogP contribution in [-0.2, 0) is 25.6 Å². The molecule has 1 fully saturated rings. The van der Waals surface area contributed by atoms with E-state index in [0.717, 1.165) is 5.56 Å². The zero-order valence-electron chi connectivity index (χ0n) is 18.8. The van der Waals surface area contributed by atoms with Crippen molar-refractivity contribution in [2.75, 3.05) is 13.6 Å². The fraction of sp³-hybridized carbons (Fsp3) is 0.565. The molecule has 0 saturated carbocycles. The van der Waals surface area contributed by atoms with Crippen LogP contribution >= 0.6 is 0 Å². The van der Waals surface area contributed by atoms with Crippen LogP contribution in [0.5, 0.6) is 0 Å². The number of hydrogen-bond acceptors (Lipinski definition) is 4. The van der Waals surface area contributed by atoms with Gasteiger partial charge in [-0.3, -0.25) is 19.2 Å². The monoisotopic (exact) mass is 430 g/mol. The third-order valence-corrected chi connectivity index (χ3v) is 5.38. The Bertz CT molecular complexity index is 781. The molecule has 3 unspecified atom stereocenters. The Morgan fingerprint density at radius 1 is 1.06 bits per heavy atom. The van der Waals surface area contributed by atoms with Gasteiger partial charge in [0.2, 0.25) is 23.6 Å². The summed E-state index contributed by atoms with van der Waals surface area (Å²) in [6.45, 7) is 5.79. The van der Waals surface area contributed by atoms with Crippen LogP contribution in [0.2, 0.25) is 0 Å². The number of nitrogens with one attached hydrogen (secondary N) is 3. The summed E-state index contributed by atoms with van der Waals surface area (Å²) in [4.78, 5) is 51.7. The van der Waals surface area contributed by atoms with E-state index < -0.39 is 18.1 Å². The maximum absolute atomic E-state index is 13.2. The van der Waals surface area contributed by atoms with Crippen LogP contribution in [0.4, 0.5) is 0 Å². The lowest BCUT2D eigenvalue weighted by molar-refractivity contribution is -0.142. The lowest BCUT2D eigenvalue weighted by atomic mass is 10.0. The third-order valence-electron chi connectivity index (χ3n) is 5.38. The molecule has 1 aliphatic heterocycles. The van der Waals surface area contributed by atoms with Crippen molar-refractivity contribution >= 4 is 23.6 Å². The zero-order chi connectivity index (χ0) is 23.0. The van der Waals surface area contributed by atoms with Gasteiger partial charge in [-0.25, -0.2) is 0 Å². The van der Waals surface area contributed by atoms with Crippen molar-refractivity contribution < 1.29 is 19.2 Å². The van der Waals surface area contributed by atoms with Gasteiger partial charge in [0, 0.05) is 26.9 Å². The molecule has 0 aromatic heterocycles. The first-order valence-corrected chi connectivity index (χ1v) is 10.9. The standard InChI is InChI=1S/C23H34N4O4/c1-15(2)13-19(25-16(3)28)23(31)27-12-8-11-20(27)22(30)26-18(21(29)24-4)14-17-9-6-5-7-10-17/h5-7,9-10,15,18-20H,8,11-14H2,1-4H3,(H,24,29)(H,25,28)(H,26,30). The van der Waals surface area contributed by atoms with Crippen molar-refractivity contribution in [3.8, 4) is 0 Å². The molecule has 1 aliphatic rings. The molecular weight excluding hydrogens is 396 g/mol. The van der Waals surface area contributed by atoms with E-state index in [0.29, 0.717) is 32.2 Å². The number of benzene rings is 1. The second kappa shape index (κ2) is 11.5. The number of amides is 4. The van der Waals surface area contributed by atoms with E-state index in [2.05, 4.69) is 16.0 Å². The molecular formula is C23H34N4O4. The molecule has 0 spiro atoms. The number of rotatable bonds is 9. The van der Waals surface area contributed by atoms with Gasteiger partial charge in [0.1, 0.15) is 18.1 Å². The van der Waals surface area contributed by atoms with Crippen LogP contribution < -0.4 is 16.0 Å². The largest absolute Gasteiger partial charge is 0.357 e. The number of hydrogen-bond donors (Lipinski definition) is 3. The predicted molar refractivity (Wildman–Crippen MR) is 118 cm³/mol. The summed E-state index contributed by atoms with van der Waals surface area (Å²) < 4.78 is 0. The molecule has 1 heterocycles. The van der Waals surface area contributed by atoms with Crippen LogP contribution in [0.1, 0.15) is 45.6 Å². The van der Waals surface area contributed by atoms with Crippen molar-refractivity contribution in [1.82, 2.24) is 20.9 Å². The average Bonchev–Trinajstić information content (AvgIpc) is 3.21. The summed E-state index contributed by atoms with van der Waals surface area (Å²) in [7, 11) is 1.53. The van der Waals surface area contributed by atoms with Gasteiger partial charge in [0.05, 0.1) is 0 Å². The van der Waals surface area contributed by atoms with Gasteiger partial charge in [0.15, 0.2) is 0 Å². The molecule has 4 amide bonds. The number of likely N-dealkylation sites (N-methyl/N-ethyl adjacent to an activating group) is 1. The molecule has 1 saturated heterocycles. The molecule has 1 aromatic carbocycles. The molecule has 2 rings (SSSR count). The van der Waals surface area contributed by atoms with E-state index >= 15 is 0 Å². The van der Waals surface area contributed by atoms with Gasteiger partial charge in [-0.1, -0.05) is 44.2 Å². The second-order valence-electron chi connectivity index (χ2n) is 8.44. The average molecular weight is 431 g/mol. The normalized spacial score (nSPS) is 17.7. The first kappa shape index (κ1) is 24.4. The number of likely N-dealkylation sites (tertiary alicyclic amines) is 1. The Kier molecular flexibility index (Phi) is 9.03. The zero-order valence-corrected chi connectivity index (χ0v) is 18.8. The minimum absolute atomic E-state index is 0.208. The minimum Gasteiger partial charge on any atom is -0.357 e. The Hall–Kier alpha value is -2.90. The molecule has 170 valence electrons. The van der Waals surface area contributed by atoms with Crippen LogP contribution in [0.3, 0.4) is 0 Å². The fourth-order valence-electron chi connectivity index (χ4n) is 3.94. The minimum atomic E-state index is -0.737. The highest BCUT2D eigenvalue weighted by Gasteiger charge is 2.38. The lowest BCUT2D eigenvalue weighted by Gasteiger charge is -2.30. The van der Waals surface area contributed by atoms with E-state index in [1.807, 2.05) is 44.2 Å². The van der Waals surface area contributed by atoms with Crippen molar-refractivity contribution in [1.29, 1.82) is 0 Å². The highest BCUT2D eigenvalue weighted by molar-refractivity contribution is 5.94. The van der Waals surface area contributed by atoms with Gasteiger partial charge in [-0.15, -0.1) is 0 Å². The number of carbonyl (C=O) groups is 4. The van der Waals surface area contributed by atoms with E-state index in [4.69, 9.17) is 0 Å². The fourth-order valence-corrected chi connectivity index (χ4v) is 3.94. The summed E-state index contributed by atoms with van der Waals surface area (Å²) in [5.74, 6) is -0.951. The van der Waals surface area contributed by atoms with Crippen molar-refractivity contribution in [2.24, 2.45) is 5.92 Å². The molecule has 1 aromatic rings. The summed E-state index contributed by atoms with van der Waals surface area (Å²) in [6.07, 6.45) is 2.08. The van der Waals surface area contributed by atoms with E-state index in [1.165, 1.54) is 14.0 Å². The predicted octanol–water partition coefficient (Wildman–Crippen LogP) is 1.00. The van der Waals surface area contributed by atoms with Crippen molar-refractivity contribution in [3.05, 3.63) is 35.9 Å². The third kappa shape index (κ3) is 7.08. The van der Waals surface area contributed by atoms with Gasteiger partial charge >= 0.3 is 0 Å². The first-order chi connectivity index (χ1) is 14.7. The topological polar surface area (TPSA) is 108 Å². The van der Waals surface area contributed by atoms with Gasteiger partial charge in [0.25, 0.3) is 0 Å². The quantitative estimate of drug-likeness (QED) is 0.543. The maximum atomic E-state index is 13.2. The first-order valence-electron chi connectivity index (χ1n) is 10.9. The van der Waals surface area contributed by atoms with Crippen LogP contribution in [-0.4, -0.2) is 60.2 Å². The Labute approximate surface area is 184 Å². The van der Waals surface area contributed by atoms with Gasteiger partial charge in [-0.05, 0) is 30.7 Å². The number of carbonyl (C=O) groups excluding carboxylic acids is 4. The number of nitrogens with zero attached hydrogens (tertiary/aromatic N) is 1. The molecule has 0 aliphatic carbocycles. The lowest BCUT2D eigenvalue weighted by Crippen LogP contribution is -2.56. The van der Waals surface area contributed by atoms with E-state index in [-0.39, 0.29) is 29.5 Å². The van der Waals surface area contributed by atoms with Crippen LogP contribution in [0.15, 0.2) is 30.3 Å². The summed E-state index contributed by atoms with van der Waals surface area (Å²) in [5.41, 5.74) is 0.929. The molecule has 8 nitrogen and oxygen atoms in total. The Morgan fingerprint density at radius 2 is 1.74 bits per heavy atom. The van der Waals surface area contributed by atoms with Crippen LogP contribution in [0, 0.1) is 5.92 Å². The second-order valence-corrected chi connectivity index (χ2v) is 8.44. The highest BCUT2D eigenvalue weighted by atomic mass is 16.2. The van der Waals surface area contributed by atoms with Crippen molar-refractivity contribution in [3.63, 3.8) is 0 Å².